The Balaban J connectivity index is 1.49. The molecule has 0 saturated carbocycles. The number of hydrazone groups is 1. The zero-order valence-electron chi connectivity index (χ0n) is 12.6. The molecule has 120 valence electrons. The number of rotatable bonds is 3. The minimum Gasteiger partial charge on any atom is -0.273 e. The number of hydrogen-bond donors (Lipinski definition) is 0. The summed E-state index contributed by atoms with van der Waals surface area (Å²) in [6, 6.07) is 11.8. The van der Waals surface area contributed by atoms with Gasteiger partial charge in [-0.3, -0.25) is 4.79 Å². The second kappa shape index (κ2) is 6.09. The Labute approximate surface area is 141 Å². The van der Waals surface area contributed by atoms with Crippen molar-refractivity contribution in [2.24, 2.45) is 5.10 Å². The molecule has 0 aliphatic carbocycles. The molecule has 0 radical (unpaired) electrons. The zero-order chi connectivity index (χ0) is 16.5. The smallest absolute Gasteiger partial charge is 0.247 e. The molecule has 1 aliphatic heterocycles. The van der Waals surface area contributed by atoms with Gasteiger partial charge in [-0.25, -0.2) is 9.40 Å². The number of benzene rings is 2. The number of hydrogen-bond acceptors (Lipinski definition) is 5. The van der Waals surface area contributed by atoms with Crippen LogP contribution in [0.3, 0.4) is 0 Å². The Morgan fingerprint density at radius 3 is 2.75 bits per heavy atom. The molecule has 2 heterocycles. The molecule has 5 nitrogen and oxygen atoms in total. The molecule has 0 bridgehead atoms. The fourth-order valence-corrected chi connectivity index (χ4v) is 3.20. The van der Waals surface area contributed by atoms with Gasteiger partial charge in [0.15, 0.2) is 0 Å². The predicted octanol–water partition coefficient (Wildman–Crippen LogP) is 3.01. The lowest BCUT2D eigenvalue weighted by molar-refractivity contribution is -0.130. The highest BCUT2D eigenvalue weighted by atomic mass is 32.1. The van der Waals surface area contributed by atoms with Gasteiger partial charge in [-0.15, -0.1) is 0 Å². The van der Waals surface area contributed by atoms with Crippen LogP contribution in [0.4, 0.5) is 4.39 Å². The number of halogens is 1. The fourth-order valence-electron chi connectivity index (χ4n) is 2.69. The first kappa shape index (κ1) is 14.9. The summed E-state index contributed by atoms with van der Waals surface area (Å²) in [6.07, 6.45) is 0.945. The lowest BCUT2D eigenvalue weighted by atomic mass is 10.1. The van der Waals surface area contributed by atoms with Crippen molar-refractivity contribution in [2.75, 3.05) is 6.54 Å². The standard InChI is InChI=1S/C17H13FN4OS/c18-13-4-2-12(3-5-13)14-7-8-22(19-14)17(23)10-11-1-6-15-16(9-11)21-24-20-15/h1-6,9H,7-8,10H2. The fraction of sp³-hybridized carbons (Fsp3) is 0.176. The van der Waals surface area contributed by atoms with Crippen molar-refractivity contribution in [3.63, 3.8) is 0 Å². The largest absolute Gasteiger partial charge is 0.273 e. The van der Waals surface area contributed by atoms with E-state index in [-0.39, 0.29) is 18.1 Å². The van der Waals surface area contributed by atoms with E-state index >= 15 is 0 Å². The highest BCUT2D eigenvalue weighted by Gasteiger charge is 2.21. The molecule has 0 fully saturated rings. The van der Waals surface area contributed by atoms with Gasteiger partial charge in [-0.1, -0.05) is 18.2 Å². The Bertz CT molecular complexity index is 935. The average molecular weight is 340 g/mol. The number of aromatic nitrogens is 2. The van der Waals surface area contributed by atoms with Gasteiger partial charge in [0.1, 0.15) is 16.9 Å². The van der Waals surface area contributed by atoms with E-state index in [1.165, 1.54) is 17.1 Å². The summed E-state index contributed by atoms with van der Waals surface area (Å²) < 4.78 is 21.3. The molecule has 0 saturated heterocycles. The van der Waals surface area contributed by atoms with Crippen LogP contribution < -0.4 is 0 Å². The summed E-state index contributed by atoms with van der Waals surface area (Å²) in [4.78, 5) is 12.4. The monoisotopic (exact) mass is 340 g/mol. The van der Waals surface area contributed by atoms with Crippen LogP contribution in [0.5, 0.6) is 0 Å². The molecule has 0 unspecified atom stereocenters. The maximum absolute atomic E-state index is 13.0. The summed E-state index contributed by atoms with van der Waals surface area (Å²) >= 11 is 1.16. The molecule has 0 spiro atoms. The number of carbonyl (C=O) groups excluding carboxylic acids is 1. The third-order valence-electron chi connectivity index (χ3n) is 3.94. The lowest BCUT2D eigenvalue weighted by Crippen LogP contribution is -2.25. The summed E-state index contributed by atoms with van der Waals surface area (Å²) in [7, 11) is 0. The Morgan fingerprint density at radius 1 is 1.12 bits per heavy atom. The van der Waals surface area contributed by atoms with Gasteiger partial charge in [0.2, 0.25) is 5.91 Å². The number of fused-ring (bicyclic) bond motifs is 1. The number of nitrogens with zero attached hydrogens (tertiary/aromatic N) is 4. The molecular weight excluding hydrogens is 327 g/mol. The van der Waals surface area contributed by atoms with E-state index < -0.39 is 0 Å². The number of amides is 1. The van der Waals surface area contributed by atoms with Crippen molar-refractivity contribution < 1.29 is 9.18 Å². The molecule has 0 N–H and O–H groups in total. The third kappa shape index (κ3) is 2.90. The topological polar surface area (TPSA) is 58.5 Å². The highest BCUT2D eigenvalue weighted by Crippen LogP contribution is 2.18. The van der Waals surface area contributed by atoms with Crippen LogP contribution in [-0.2, 0) is 11.2 Å². The first-order valence-electron chi connectivity index (χ1n) is 7.54. The summed E-state index contributed by atoms with van der Waals surface area (Å²) in [6.45, 7) is 0.548. The summed E-state index contributed by atoms with van der Waals surface area (Å²) in [5.41, 5.74) is 4.20. The van der Waals surface area contributed by atoms with Gasteiger partial charge in [0.05, 0.1) is 30.4 Å². The Hall–Kier alpha value is -2.67. The first-order chi connectivity index (χ1) is 11.7. The van der Waals surface area contributed by atoms with Gasteiger partial charge in [-0.2, -0.15) is 13.8 Å². The summed E-state index contributed by atoms with van der Waals surface area (Å²) in [5.74, 6) is -0.341. The Kier molecular flexibility index (Phi) is 3.78. The molecule has 24 heavy (non-hydrogen) atoms. The molecule has 1 amide bonds. The maximum Gasteiger partial charge on any atom is 0.247 e. The van der Waals surface area contributed by atoms with Crippen LogP contribution in [0.15, 0.2) is 47.6 Å². The second-order valence-electron chi connectivity index (χ2n) is 5.58. The highest BCUT2D eigenvalue weighted by molar-refractivity contribution is 7.00. The SMILES string of the molecule is O=C(Cc1ccc2nsnc2c1)N1CCC(c2ccc(F)cc2)=N1. The van der Waals surface area contributed by atoms with Crippen molar-refractivity contribution in [3.8, 4) is 0 Å². The normalized spacial score (nSPS) is 14.2. The van der Waals surface area contributed by atoms with Crippen LogP contribution in [0.2, 0.25) is 0 Å². The second-order valence-corrected chi connectivity index (χ2v) is 6.11. The van der Waals surface area contributed by atoms with E-state index in [9.17, 15) is 9.18 Å². The van der Waals surface area contributed by atoms with Gasteiger partial charge in [0.25, 0.3) is 0 Å². The van der Waals surface area contributed by atoms with E-state index in [1.54, 1.807) is 12.1 Å². The van der Waals surface area contributed by atoms with E-state index in [1.807, 2.05) is 18.2 Å². The molecule has 1 aromatic heterocycles. The quantitative estimate of drug-likeness (QED) is 0.736. The van der Waals surface area contributed by atoms with Crippen LogP contribution in [-0.4, -0.2) is 31.9 Å². The van der Waals surface area contributed by atoms with Crippen molar-refractivity contribution in [3.05, 3.63) is 59.4 Å². The van der Waals surface area contributed by atoms with Crippen molar-refractivity contribution >= 4 is 34.4 Å². The zero-order valence-corrected chi connectivity index (χ0v) is 13.5. The van der Waals surface area contributed by atoms with Gasteiger partial charge >= 0.3 is 0 Å². The van der Waals surface area contributed by atoms with E-state index in [4.69, 9.17) is 0 Å². The van der Waals surface area contributed by atoms with Crippen LogP contribution in [0.1, 0.15) is 17.5 Å². The first-order valence-corrected chi connectivity index (χ1v) is 8.27. The molecular formula is C17H13FN4OS. The predicted molar refractivity (Wildman–Crippen MR) is 90.4 cm³/mol. The molecule has 4 rings (SSSR count). The molecule has 2 aromatic carbocycles. The van der Waals surface area contributed by atoms with Crippen molar-refractivity contribution in [1.82, 2.24) is 13.8 Å². The van der Waals surface area contributed by atoms with Crippen LogP contribution >= 0.6 is 11.7 Å². The maximum atomic E-state index is 13.0. The molecule has 0 atom stereocenters. The lowest BCUT2D eigenvalue weighted by Gasteiger charge is -2.11. The third-order valence-corrected chi connectivity index (χ3v) is 4.50. The van der Waals surface area contributed by atoms with Crippen molar-refractivity contribution in [2.45, 2.75) is 12.8 Å². The minimum atomic E-state index is -0.280. The van der Waals surface area contributed by atoms with Gasteiger partial charge < -0.3 is 0 Å². The van der Waals surface area contributed by atoms with E-state index in [0.717, 1.165) is 39.6 Å². The Morgan fingerprint density at radius 2 is 1.92 bits per heavy atom. The molecule has 1 aliphatic rings. The van der Waals surface area contributed by atoms with Crippen LogP contribution in [0, 0.1) is 5.82 Å². The minimum absolute atomic E-state index is 0.0605. The summed E-state index contributed by atoms with van der Waals surface area (Å²) in [5, 5.41) is 5.88. The number of carbonyl (C=O) groups is 1. The molecule has 3 aromatic rings. The average Bonchev–Trinajstić information content (AvgIpc) is 3.24. The van der Waals surface area contributed by atoms with E-state index in [2.05, 4.69) is 13.8 Å². The van der Waals surface area contributed by atoms with E-state index in [0.29, 0.717) is 13.0 Å². The van der Waals surface area contributed by atoms with Gasteiger partial charge in [-0.05, 0) is 35.4 Å². The van der Waals surface area contributed by atoms with Crippen molar-refractivity contribution in [1.29, 1.82) is 0 Å². The van der Waals surface area contributed by atoms with Crippen LogP contribution in [0.25, 0.3) is 11.0 Å². The molecule has 7 heteroatoms. The van der Waals surface area contributed by atoms with Gasteiger partial charge in [0, 0.05) is 6.42 Å².